The number of amides is 1. The van der Waals surface area contributed by atoms with Crippen LogP contribution in [0.1, 0.15) is 58.1 Å². The smallest absolute Gasteiger partial charge is 0.324 e. The van der Waals surface area contributed by atoms with Gasteiger partial charge in [-0.1, -0.05) is 39.5 Å². The number of rotatable bonds is 15. The van der Waals surface area contributed by atoms with Gasteiger partial charge in [0.25, 0.3) is 5.91 Å². The Bertz CT molecular complexity index is 1260. The van der Waals surface area contributed by atoms with Gasteiger partial charge in [-0.25, -0.2) is 5.43 Å². The quantitative estimate of drug-likeness (QED) is 0.193. The minimum atomic E-state index is -0.862. The Kier molecular flexibility index (Phi) is 12.4. The van der Waals surface area contributed by atoms with Crippen LogP contribution in [0.25, 0.3) is 11.1 Å². The standard InChI is InChI=1S/C33H49N5O5/c1-7-33(4,5)21-43-32(41)30-10-9-13-38(37-30)31(40)28(34)16-23-14-25(18-27(39)15-23)24-11-12-29(35-8-2)26(17-24)19-36-22(3)20-42-6/h11-12,14-15,17-18,28,30,35-37,39H,3,7-10,13,16,19-21,34H2,1-2,4-6H3/t28-,30-/m0/s1. The molecule has 1 amide bonds. The van der Waals surface area contributed by atoms with E-state index in [-0.39, 0.29) is 29.5 Å². The van der Waals surface area contributed by atoms with Crippen LogP contribution in [0.2, 0.25) is 0 Å². The van der Waals surface area contributed by atoms with Gasteiger partial charge in [0.15, 0.2) is 0 Å². The number of nitrogens with one attached hydrogen (secondary N) is 3. The maximum Gasteiger partial charge on any atom is 0.324 e. The summed E-state index contributed by atoms with van der Waals surface area (Å²) in [6.45, 7) is 14.7. The number of aromatic hydroxyl groups is 1. The van der Waals surface area contributed by atoms with E-state index in [2.05, 4.69) is 35.6 Å². The number of carbonyl (C=O) groups is 2. The van der Waals surface area contributed by atoms with Gasteiger partial charge in [-0.05, 0) is 84.5 Å². The normalized spacial score (nSPS) is 16.0. The van der Waals surface area contributed by atoms with Gasteiger partial charge in [0.05, 0.1) is 19.3 Å². The van der Waals surface area contributed by atoms with Crippen molar-refractivity contribution in [3.8, 4) is 16.9 Å². The van der Waals surface area contributed by atoms with Gasteiger partial charge in [0.2, 0.25) is 0 Å². The monoisotopic (exact) mass is 595 g/mol. The van der Waals surface area contributed by atoms with Gasteiger partial charge in [-0.2, -0.15) is 0 Å². The highest BCUT2D eigenvalue weighted by atomic mass is 16.5. The molecule has 43 heavy (non-hydrogen) atoms. The molecule has 1 fully saturated rings. The molecular weight excluding hydrogens is 546 g/mol. The summed E-state index contributed by atoms with van der Waals surface area (Å²) in [5.74, 6) is -0.580. The molecule has 0 aliphatic carbocycles. The Morgan fingerprint density at radius 2 is 1.98 bits per heavy atom. The first kappa shape index (κ1) is 33.9. The van der Waals surface area contributed by atoms with Crippen molar-refractivity contribution >= 4 is 17.6 Å². The summed E-state index contributed by atoms with van der Waals surface area (Å²) in [7, 11) is 1.63. The van der Waals surface area contributed by atoms with Crippen molar-refractivity contribution in [2.75, 3.05) is 38.7 Å². The number of hydrogen-bond acceptors (Lipinski definition) is 9. The zero-order valence-corrected chi connectivity index (χ0v) is 26.3. The highest BCUT2D eigenvalue weighted by Gasteiger charge is 2.32. The van der Waals surface area contributed by atoms with Crippen LogP contribution in [0.4, 0.5) is 5.69 Å². The van der Waals surface area contributed by atoms with Crippen LogP contribution in [0.3, 0.4) is 0 Å². The molecule has 0 aromatic heterocycles. The summed E-state index contributed by atoms with van der Waals surface area (Å²) in [6, 6.07) is 9.88. The lowest BCUT2D eigenvalue weighted by Crippen LogP contribution is -2.59. The van der Waals surface area contributed by atoms with Gasteiger partial charge >= 0.3 is 5.97 Å². The number of nitrogens with zero attached hydrogens (tertiary/aromatic N) is 1. The fourth-order valence-electron chi connectivity index (χ4n) is 4.81. The number of hydrazine groups is 1. The van der Waals surface area contributed by atoms with Crippen molar-refractivity contribution in [2.45, 2.75) is 72.0 Å². The maximum atomic E-state index is 13.3. The number of anilines is 1. The van der Waals surface area contributed by atoms with Crippen molar-refractivity contribution in [1.82, 2.24) is 15.8 Å². The Balaban J connectivity index is 1.70. The maximum absolute atomic E-state index is 13.3. The van der Waals surface area contributed by atoms with Crippen molar-refractivity contribution < 1.29 is 24.2 Å². The summed E-state index contributed by atoms with van der Waals surface area (Å²) in [5, 5.41) is 18.7. The summed E-state index contributed by atoms with van der Waals surface area (Å²) in [6.07, 6.45) is 2.36. The van der Waals surface area contributed by atoms with Crippen LogP contribution in [0.5, 0.6) is 5.75 Å². The topological polar surface area (TPSA) is 138 Å². The summed E-state index contributed by atoms with van der Waals surface area (Å²) < 4.78 is 10.7. The van der Waals surface area contributed by atoms with Crippen LogP contribution >= 0.6 is 0 Å². The average molecular weight is 596 g/mol. The van der Waals surface area contributed by atoms with Gasteiger partial charge in [0.1, 0.15) is 11.8 Å². The van der Waals surface area contributed by atoms with Crippen LogP contribution in [0.15, 0.2) is 48.7 Å². The largest absolute Gasteiger partial charge is 0.508 e. The first-order valence-electron chi connectivity index (χ1n) is 15.1. The van der Waals surface area contributed by atoms with E-state index in [4.69, 9.17) is 15.2 Å². The second-order valence-corrected chi connectivity index (χ2v) is 11.9. The molecule has 0 saturated carbocycles. The zero-order chi connectivity index (χ0) is 31.6. The van der Waals surface area contributed by atoms with Crippen LogP contribution in [-0.4, -0.2) is 67.5 Å². The van der Waals surface area contributed by atoms with Crippen LogP contribution in [-0.2, 0) is 32.0 Å². The third-order valence-electron chi connectivity index (χ3n) is 7.70. The number of carbonyl (C=O) groups excluding carboxylic acids is 2. The molecule has 2 aromatic carbocycles. The molecule has 10 nitrogen and oxygen atoms in total. The van der Waals surface area contributed by atoms with Gasteiger partial charge in [0, 0.05) is 38.1 Å². The minimum Gasteiger partial charge on any atom is -0.508 e. The van der Waals surface area contributed by atoms with Crippen molar-refractivity contribution in [3.63, 3.8) is 0 Å². The molecule has 3 rings (SSSR count). The van der Waals surface area contributed by atoms with Crippen LogP contribution in [0, 0.1) is 5.41 Å². The molecular formula is C33H49N5O5. The number of phenols is 1. The van der Waals surface area contributed by atoms with E-state index in [1.165, 1.54) is 5.01 Å². The number of phenolic OH excluding ortho intramolecular Hbond substituents is 1. The second kappa shape index (κ2) is 15.7. The molecule has 0 bridgehead atoms. The zero-order valence-electron chi connectivity index (χ0n) is 26.3. The first-order chi connectivity index (χ1) is 20.5. The molecule has 2 aromatic rings. The fourth-order valence-corrected chi connectivity index (χ4v) is 4.81. The van der Waals surface area contributed by atoms with E-state index >= 15 is 0 Å². The number of hydrogen-bond donors (Lipinski definition) is 5. The summed E-state index contributed by atoms with van der Waals surface area (Å²) in [5.41, 5.74) is 14.6. The highest BCUT2D eigenvalue weighted by Crippen LogP contribution is 2.30. The predicted molar refractivity (Wildman–Crippen MR) is 170 cm³/mol. The molecule has 6 N–H and O–H groups in total. The van der Waals surface area contributed by atoms with E-state index in [1.807, 2.05) is 39.0 Å². The van der Waals surface area contributed by atoms with E-state index in [0.717, 1.165) is 46.6 Å². The molecule has 2 atom stereocenters. The summed E-state index contributed by atoms with van der Waals surface area (Å²) in [4.78, 5) is 26.0. The molecule has 1 aliphatic rings. The molecule has 236 valence electrons. The molecule has 1 heterocycles. The number of ether oxygens (including phenoxy) is 2. The van der Waals surface area contributed by atoms with Gasteiger partial charge < -0.3 is 30.9 Å². The minimum absolute atomic E-state index is 0.0879. The second-order valence-electron chi connectivity index (χ2n) is 11.9. The van der Waals surface area contributed by atoms with Crippen molar-refractivity contribution in [1.29, 1.82) is 0 Å². The molecule has 0 radical (unpaired) electrons. The predicted octanol–water partition coefficient (Wildman–Crippen LogP) is 4.09. The number of methoxy groups -OCH3 is 1. The van der Waals surface area contributed by atoms with Gasteiger partial charge in [-0.3, -0.25) is 14.6 Å². The Hall–Kier alpha value is -3.60. The third kappa shape index (κ3) is 9.98. The third-order valence-corrected chi connectivity index (χ3v) is 7.70. The number of esters is 1. The summed E-state index contributed by atoms with van der Waals surface area (Å²) >= 11 is 0. The molecule has 0 spiro atoms. The lowest BCUT2D eigenvalue weighted by atomic mass is 9.92. The average Bonchev–Trinajstić information content (AvgIpc) is 2.99. The Morgan fingerprint density at radius 1 is 1.21 bits per heavy atom. The van der Waals surface area contributed by atoms with Crippen LogP contribution < -0.4 is 21.8 Å². The van der Waals surface area contributed by atoms with Gasteiger partial charge in [-0.15, -0.1) is 0 Å². The number of nitrogens with two attached hydrogens (primary N) is 1. The Morgan fingerprint density at radius 3 is 2.67 bits per heavy atom. The molecule has 10 heteroatoms. The van der Waals surface area contributed by atoms with Crippen molar-refractivity contribution in [2.24, 2.45) is 11.1 Å². The fraction of sp³-hybridized carbons (Fsp3) is 0.515. The van der Waals surface area contributed by atoms with E-state index < -0.39 is 12.1 Å². The van der Waals surface area contributed by atoms with E-state index in [0.29, 0.717) is 39.1 Å². The lowest BCUT2D eigenvalue weighted by Gasteiger charge is -2.34. The molecule has 1 aliphatic heterocycles. The number of benzene rings is 2. The highest BCUT2D eigenvalue weighted by molar-refractivity contribution is 5.83. The SMILES string of the molecule is C=C(COC)NCc1cc(-c2cc(O)cc(C[C@H](N)C(=O)N3CCC[C@@H](C(=O)OCC(C)(C)CC)N3)c2)ccc1NCC. The molecule has 1 saturated heterocycles. The van der Waals surface area contributed by atoms with E-state index in [1.54, 1.807) is 19.2 Å². The first-order valence-corrected chi connectivity index (χ1v) is 15.1. The van der Waals surface area contributed by atoms with Crippen molar-refractivity contribution in [3.05, 3.63) is 59.8 Å². The van der Waals surface area contributed by atoms with E-state index in [9.17, 15) is 14.7 Å². The molecule has 0 unspecified atom stereocenters. The Labute approximate surface area is 256 Å². The lowest BCUT2D eigenvalue weighted by molar-refractivity contribution is -0.154.